The number of halogens is 1. The summed E-state index contributed by atoms with van der Waals surface area (Å²) in [6.45, 7) is 1.34. The average molecular weight is 486 g/mol. The number of phenols is 1. The summed E-state index contributed by atoms with van der Waals surface area (Å²) in [5.74, 6) is 0.937. The monoisotopic (exact) mass is 485 g/mol. The third-order valence-electron chi connectivity index (χ3n) is 4.55. The van der Waals surface area contributed by atoms with Crippen LogP contribution in [0.15, 0.2) is 58.5 Å². The molecule has 0 saturated carbocycles. The van der Waals surface area contributed by atoms with Crippen molar-refractivity contribution in [1.29, 1.82) is 0 Å². The Kier molecular flexibility index (Phi) is 6.29. The fraction of sp³-hybridized carbons (Fsp3) is 0.190. The third-order valence-corrected chi connectivity index (χ3v) is 5.98. The number of aromatic nitrogens is 3. The Morgan fingerprint density at radius 3 is 2.80 bits per heavy atom. The molecule has 7 nitrogen and oxygen atoms in total. The minimum absolute atomic E-state index is 0.0255. The maximum absolute atomic E-state index is 11.9. The number of hydrogen-bond acceptors (Lipinski definition) is 6. The van der Waals surface area contributed by atoms with Crippen molar-refractivity contribution in [3.05, 3.63) is 63.4 Å². The summed E-state index contributed by atoms with van der Waals surface area (Å²) in [7, 11) is 0. The van der Waals surface area contributed by atoms with Crippen LogP contribution in [0.3, 0.4) is 0 Å². The SMILES string of the molecule is O=C(NCCCCNc1cc(-c2ccccc2O)nc2c(Br)cnn12)c1cccs1. The van der Waals surface area contributed by atoms with E-state index in [9.17, 15) is 9.90 Å². The largest absolute Gasteiger partial charge is 0.507 e. The molecule has 0 radical (unpaired) electrons. The van der Waals surface area contributed by atoms with Gasteiger partial charge in [-0.3, -0.25) is 4.79 Å². The van der Waals surface area contributed by atoms with E-state index in [-0.39, 0.29) is 11.7 Å². The van der Waals surface area contributed by atoms with Crippen molar-refractivity contribution in [1.82, 2.24) is 19.9 Å². The highest BCUT2D eigenvalue weighted by Crippen LogP contribution is 2.31. The van der Waals surface area contributed by atoms with Crippen LogP contribution in [0.25, 0.3) is 16.9 Å². The number of fused-ring (bicyclic) bond motifs is 1. The lowest BCUT2D eigenvalue weighted by Gasteiger charge is -2.11. The Morgan fingerprint density at radius 2 is 2.00 bits per heavy atom. The number of thiophene rings is 1. The van der Waals surface area contributed by atoms with E-state index in [0.29, 0.717) is 30.0 Å². The van der Waals surface area contributed by atoms with Gasteiger partial charge in [0.05, 0.1) is 21.2 Å². The molecule has 1 amide bonds. The Bertz CT molecular complexity index is 1160. The summed E-state index contributed by atoms with van der Waals surface area (Å²) in [5, 5.41) is 22.8. The van der Waals surface area contributed by atoms with Crippen molar-refractivity contribution in [3.63, 3.8) is 0 Å². The standard InChI is InChI=1S/C21H20BrN5O2S/c22-15-13-25-27-19(12-16(26-20(15)27)14-6-1-2-7-17(14)28)23-9-3-4-10-24-21(29)18-8-5-11-30-18/h1-2,5-8,11-13,23,28H,3-4,9-10H2,(H,24,29). The average Bonchev–Trinajstić information content (AvgIpc) is 3.41. The lowest BCUT2D eigenvalue weighted by atomic mass is 10.1. The van der Waals surface area contributed by atoms with Gasteiger partial charge in [0.25, 0.3) is 5.91 Å². The summed E-state index contributed by atoms with van der Waals surface area (Å²) >= 11 is 4.92. The van der Waals surface area contributed by atoms with Crippen LogP contribution in [-0.4, -0.2) is 38.7 Å². The van der Waals surface area contributed by atoms with Crippen LogP contribution >= 0.6 is 27.3 Å². The highest BCUT2D eigenvalue weighted by Gasteiger charge is 2.13. The van der Waals surface area contributed by atoms with Crippen molar-refractivity contribution in [2.75, 3.05) is 18.4 Å². The van der Waals surface area contributed by atoms with E-state index in [1.165, 1.54) is 11.3 Å². The van der Waals surface area contributed by atoms with Crippen LogP contribution in [0.1, 0.15) is 22.5 Å². The summed E-state index contributed by atoms with van der Waals surface area (Å²) < 4.78 is 2.51. The van der Waals surface area contributed by atoms with Crippen LogP contribution in [0, 0.1) is 0 Å². The second-order valence-electron chi connectivity index (χ2n) is 6.64. The van der Waals surface area contributed by atoms with Crippen molar-refractivity contribution in [2.45, 2.75) is 12.8 Å². The Hall–Kier alpha value is -2.91. The van der Waals surface area contributed by atoms with Crippen molar-refractivity contribution in [2.24, 2.45) is 0 Å². The molecule has 0 atom stereocenters. The van der Waals surface area contributed by atoms with Gasteiger partial charge in [-0.2, -0.15) is 9.61 Å². The number of carbonyl (C=O) groups is 1. The van der Waals surface area contributed by atoms with Crippen LogP contribution in [0.4, 0.5) is 5.82 Å². The van der Waals surface area contributed by atoms with Gasteiger partial charge in [0.1, 0.15) is 11.6 Å². The molecule has 0 saturated heterocycles. The zero-order valence-corrected chi connectivity index (χ0v) is 18.4. The minimum atomic E-state index is -0.0255. The molecule has 0 spiro atoms. The van der Waals surface area contributed by atoms with Crippen LogP contribution < -0.4 is 10.6 Å². The number of phenolic OH excluding ortho intramolecular Hbond substituents is 1. The molecule has 0 unspecified atom stereocenters. The maximum atomic E-state index is 11.9. The molecule has 4 aromatic rings. The molecule has 1 aromatic carbocycles. The first-order valence-electron chi connectivity index (χ1n) is 9.51. The van der Waals surface area contributed by atoms with E-state index in [2.05, 4.69) is 36.6 Å². The number of amides is 1. The van der Waals surface area contributed by atoms with E-state index < -0.39 is 0 Å². The van der Waals surface area contributed by atoms with Gasteiger partial charge in [0, 0.05) is 24.7 Å². The summed E-state index contributed by atoms with van der Waals surface area (Å²) in [5.41, 5.74) is 1.99. The molecule has 0 bridgehead atoms. The molecule has 3 heterocycles. The minimum Gasteiger partial charge on any atom is -0.507 e. The van der Waals surface area contributed by atoms with Gasteiger partial charge < -0.3 is 15.7 Å². The molecule has 3 N–H and O–H groups in total. The number of benzene rings is 1. The number of para-hydroxylation sites is 1. The fourth-order valence-electron chi connectivity index (χ4n) is 3.05. The summed E-state index contributed by atoms with van der Waals surface area (Å²) in [4.78, 5) is 17.3. The van der Waals surface area contributed by atoms with E-state index in [0.717, 1.165) is 28.0 Å². The molecule has 0 fully saturated rings. The van der Waals surface area contributed by atoms with E-state index >= 15 is 0 Å². The number of nitrogens with one attached hydrogen (secondary N) is 2. The van der Waals surface area contributed by atoms with E-state index in [1.54, 1.807) is 22.8 Å². The van der Waals surface area contributed by atoms with Crippen LogP contribution in [-0.2, 0) is 0 Å². The number of aromatic hydroxyl groups is 1. The molecule has 0 aliphatic heterocycles. The predicted octanol–water partition coefficient (Wildman–Crippen LogP) is 4.55. The molecule has 9 heteroatoms. The number of carbonyl (C=O) groups excluding carboxylic acids is 1. The molecule has 0 aliphatic rings. The molecular weight excluding hydrogens is 466 g/mol. The Balaban J connectivity index is 1.40. The second-order valence-corrected chi connectivity index (χ2v) is 8.44. The van der Waals surface area contributed by atoms with Gasteiger partial charge in [-0.25, -0.2) is 4.98 Å². The fourth-order valence-corrected chi connectivity index (χ4v) is 4.04. The Labute approximate surface area is 185 Å². The molecule has 4 rings (SSSR count). The smallest absolute Gasteiger partial charge is 0.261 e. The molecule has 154 valence electrons. The van der Waals surface area contributed by atoms with Gasteiger partial charge in [0.15, 0.2) is 5.65 Å². The highest BCUT2D eigenvalue weighted by molar-refractivity contribution is 9.10. The number of unbranched alkanes of at least 4 members (excludes halogenated alkanes) is 1. The quantitative estimate of drug-likeness (QED) is 0.318. The van der Waals surface area contributed by atoms with Gasteiger partial charge >= 0.3 is 0 Å². The molecule has 0 aliphatic carbocycles. The predicted molar refractivity (Wildman–Crippen MR) is 122 cm³/mol. The normalized spacial score (nSPS) is 11.0. The molecule has 30 heavy (non-hydrogen) atoms. The van der Waals surface area contributed by atoms with E-state index in [4.69, 9.17) is 0 Å². The first-order chi connectivity index (χ1) is 14.6. The first-order valence-corrected chi connectivity index (χ1v) is 11.2. The van der Waals surface area contributed by atoms with Gasteiger partial charge in [0.2, 0.25) is 0 Å². The highest BCUT2D eigenvalue weighted by atomic mass is 79.9. The summed E-state index contributed by atoms with van der Waals surface area (Å²) in [6, 6.07) is 12.7. The third kappa shape index (κ3) is 4.47. The van der Waals surface area contributed by atoms with Crippen molar-refractivity contribution >= 4 is 44.6 Å². The Morgan fingerprint density at radius 1 is 1.17 bits per heavy atom. The summed E-state index contributed by atoms with van der Waals surface area (Å²) in [6.07, 6.45) is 3.43. The second kappa shape index (κ2) is 9.27. The van der Waals surface area contributed by atoms with Gasteiger partial charge in [-0.05, 0) is 52.4 Å². The number of rotatable bonds is 8. The number of anilines is 1. The first kappa shape index (κ1) is 20.4. The van der Waals surface area contributed by atoms with E-state index in [1.807, 2.05) is 35.7 Å². The van der Waals surface area contributed by atoms with Crippen LogP contribution in [0.5, 0.6) is 5.75 Å². The lowest BCUT2D eigenvalue weighted by molar-refractivity contribution is 0.0957. The lowest BCUT2D eigenvalue weighted by Crippen LogP contribution is -2.24. The van der Waals surface area contributed by atoms with Crippen LogP contribution in [0.2, 0.25) is 0 Å². The number of hydrogen-bond donors (Lipinski definition) is 3. The zero-order valence-electron chi connectivity index (χ0n) is 16.0. The number of nitrogens with zero attached hydrogens (tertiary/aromatic N) is 3. The topological polar surface area (TPSA) is 91.5 Å². The van der Waals surface area contributed by atoms with Crippen molar-refractivity contribution < 1.29 is 9.90 Å². The zero-order chi connectivity index (χ0) is 20.9. The molecule has 3 aromatic heterocycles. The van der Waals surface area contributed by atoms with Gasteiger partial charge in [-0.15, -0.1) is 11.3 Å². The van der Waals surface area contributed by atoms with Gasteiger partial charge in [-0.1, -0.05) is 18.2 Å². The van der Waals surface area contributed by atoms with Crippen molar-refractivity contribution in [3.8, 4) is 17.0 Å². The molecular formula is C21H20BrN5O2S. The maximum Gasteiger partial charge on any atom is 0.261 e.